The Bertz CT molecular complexity index is 754. The molecule has 13 heteroatoms. The van der Waals surface area contributed by atoms with Crippen LogP contribution in [0.2, 0.25) is 0 Å². The van der Waals surface area contributed by atoms with E-state index in [4.69, 9.17) is 24.4 Å². The van der Waals surface area contributed by atoms with Gasteiger partial charge in [-0.25, -0.2) is 15.6 Å². The van der Waals surface area contributed by atoms with E-state index in [0.29, 0.717) is 0 Å². The van der Waals surface area contributed by atoms with E-state index in [2.05, 4.69) is 52.8 Å². The van der Waals surface area contributed by atoms with Crippen LogP contribution < -0.4 is 32.3 Å². The van der Waals surface area contributed by atoms with Gasteiger partial charge in [0.05, 0.1) is 11.1 Å². The van der Waals surface area contributed by atoms with Crippen LogP contribution in [0.25, 0.3) is 0 Å². The van der Waals surface area contributed by atoms with Gasteiger partial charge in [-0.05, 0) is 117 Å². The number of carbonyl (C=O) groups is 1. The Morgan fingerprint density at radius 1 is 0.611 bits per heavy atom. The van der Waals surface area contributed by atoms with Gasteiger partial charge in [0.15, 0.2) is 21.6 Å². The molecule has 0 aromatic carbocycles. The first-order valence-electron chi connectivity index (χ1n) is 12.8. The summed E-state index contributed by atoms with van der Waals surface area (Å²) in [5.74, 6) is 0. The molecule has 0 radical (unpaired) electrons. The molecular weight excluding hydrogens is 496 g/mol. The minimum Gasteiger partial charge on any atom is -0.336 e. The van der Waals surface area contributed by atoms with Crippen LogP contribution in [0.5, 0.6) is 0 Å². The molecule has 204 valence electrons. The Balaban J connectivity index is 1.83. The largest absolute Gasteiger partial charge is 0.352 e. The third-order valence-corrected chi connectivity index (χ3v) is 6.12. The van der Waals surface area contributed by atoms with Gasteiger partial charge in [0.25, 0.3) is 0 Å². The quantitative estimate of drug-likeness (QED) is 0.170. The standard InChI is InChI=1S/C23H44N10OS2/c1-20(2,3)30-32-22(13-9-7-10-14-22)24-18(35)28-26-17(34)27-29-19(36)25-23(15-11-8-12-16-23)33-31-21(4,5)6/h7-16H2,1-6H3,(H2,24,28,35)(H2,25,29,36)(H2,26,27,34). The van der Waals surface area contributed by atoms with Gasteiger partial charge in [0.1, 0.15) is 0 Å². The lowest BCUT2D eigenvalue weighted by molar-refractivity contribution is 0.234. The summed E-state index contributed by atoms with van der Waals surface area (Å²) in [4.78, 5) is 12.3. The number of thiocarbonyl (C=S) groups is 2. The number of urea groups is 1. The van der Waals surface area contributed by atoms with Crippen molar-refractivity contribution in [1.82, 2.24) is 32.3 Å². The van der Waals surface area contributed by atoms with Gasteiger partial charge < -0.3 is 10.6 Å². The Morgan fingerprint density at radius 3 is 1.25 bits per heavy atom. The minimum atomic E-state index is -0.562. The van der Waals surface area contributed by atoms with E-state index in [0.717, 1.165) is 64.2 Å². The van der Waals surface area contributed by atoms with Crippen LogP contribution in [0.15, 0.2) is 20.5 Å². The highest BCUT2D eigenvalue weighted by molar-refractivity contribution is 7.80. The number of nitrogens with zero attached hydrogens (tertiary/aromatic N) is 4. The summed E-state index contributed by atoms with van der Waals surface area (Å²) in [5, 5.41) is 25.2. The maximum absolute atomic E-state index is 12.3. The molecule has 0 heterocycles. The molecule has 11 nitrogen and oxygen atoms in total. The van der Waals surface area contributed by atoms with Crippen LogP contribution in [0, 0.1) is 0 Å². The molecule has 0 atom stereocenters. The van der Waals surface area contributed by atoms with Crippen molar-refractivity contribution in [3.05, 3.63) is 0 Å². The van der Waals surface area contributed by atoms with Crippen LogP contribution >= 0.6 is 24.4 Å². The predicted octanol–water partition coefficient (Wildman–Crippen LogP) is 4.87. The average molecular weight is 541 g/mol. The van der Waals surface area contributed by atoms with Gasteiger partial charge in [0, 0.05) is 0 Å². The third kappa shape index (κ3) is 11.3. The number of amides is 2. The second kappa shape index (κ2) is 12.9. The molecule has 0 aliphatic heterocycles. The number of hydrazine groups is 2. The maximum atomic E-state index is 12.3. The molecule has 6 N–H and O–H groups in total. The van der Waals surface area contributed by atoms with Crippen LogP contribution in [0.1, 0.15) is 106 Å². The van der Waals surface area contributed by atoms with E-state index < -0.39 is 17.4 Å². The van der Waals surface area contributed by atoms with Gasteiger partial charge in [-0.3, -0.25) is 10.9 Å². The highest BCUT2D eigenvalue weighted by atomic mass is 32.1. The first-order chi connectivity index (χ1) is 16.7. The summed E-state index contributed by atoms with van der Waals surface area (Å²) in [6.45, 7) is 12.0. The van der Waals surface area contributed by atoms with Crippen molar-refractivity contribution in [2.75, 3.05) is 0 Å². The molecular formula is C23H44N10OS2. The molecule has 2 aliphatic carbocycles. The maximum Gasteiger partial charge on any atom is 0.352 e. The molecule has 0 saturated heterocycles. The molecule has 2 fully saturated rings. The smallest absolute Gasteiger partial charge is 0.336 e. The first-order valence-corrected chi connectivity index (χ1v) is 13.6. The molecule has 2 rings (SSSR count). The van der Waals surface area contributed by atoms with Crippen molar-refractivity contribution in [3.8, 4) is 0 Å². The van der Waals surface area contributed by atoms with Gasteiger partial charge in [0.2, 0.25) is 0 Å². The summed E-state index contributed by atoms with van der Waals surface area (Å²) in [6.07, 6.45) is 9.80. The van der Waals surface area contributed by atoms with Gasteiger partial charge >= 0.3 is 6.03 Å². The van der Waals surface area contributed by atoms with Crippen LogP contribution in [-0.4, -0.2) is 38.7 Å². The summed E-state index contributed by atoms with van der Waals surface area (Å²) < 4.78 is 0. The molecule has 0 aromatic heterocycles. The lowest BCUT2D eigenvalue weighted by Gasteiger charge is -2.35. The zero-order valence-electron chi connectivity index (χ0n) is 22.6. The van der Waals surface area contributed by atoms with Crippen LogP contribution in [0.4, 0.5) is 4.79 Å². The van der Waals surface area contributed by atoms with Crippen molar-refractivity contribution in [2.45, 2.75) is 128 Å². The fourth-order valence-electron chi connectivity index (χ4n) is 4.01. The van der Waals surface area contributed by atoms with Crippen molar-refractivity contribution in [3.63, 3.8) is 0 Å². The highest BCUT2D eigenvalue weighted by Crippen LogP contribution is 2.31. The SMILES string of the molecule is CC(C)(C)N=NC1(NC(=S)NNC(=O)NNC(=S)NC2(N=NC(C)(C)C)CCCCC2)CCCCC1. The fourth-order valence-corrected chi connectivity index (χ4v) is 4.49. The van der Waals surface area contributed by atoms with Gasteiger partial charge in [-0.1, -0.05) is 12.8 Å². The molecule has 2 amide bonds. The molecule has 36 heavy (non-hydrogen) atoms. The zero-order chi connectivity index (χ0) is 26.9. The Labute approximate surface area is 226 Å². The van der Waals surface area contributed by atoms with E-state index in [1.807, 2.05) is 41.5 Å². The first kappa shape index (κ1) is 30.1. The number of rotatable bonds is 4. The number of carbonyl (C=O) groups excluding carboxylic acids is 1. The molecule has 0 spiro atoms. The number of hydrogen-bond acceptors (Lipinski definition) is 7. The van der Waals surface area contributed by atoms with E-state index >= 15 is 0 Å². The Hall–Kier alpha value is -2.15. The molecule has 0 bridgehead atoms. The lowest BCUT2D eigenvalue weighted by atomic mass is 9.90. The second-order valence-corrected chi connectivity index (χ2v) is 12.5. The second-order valence-electron chi connectivity index (χ2n) is 11.7. The Kier molecular flexibility index (Phi) is 10.8. The summed E-state index contributed by atoms with van der Waals surface area (Å²) in [5.41, 5.74) is 8.78. The number of hydrogen-bond donors (Lipinski definition) is 6. The fraction of sp³-hybridized carbons (Fsp3) is 0.870. The summed E-state index contributed by atoms with van der Waals surface area (Å²) in [7, 11) is 0. The molecule has 0 aromatic rings. The normalized spacial score (nSPS) is 19.9. The average Bonchev–Trinajstić information content (AvgIpc) is 2.79. The highest BCUT2D eigenvalue weighted by Gasteiger charge is 2.34. The topological polar surface area (TPSA) is 139 Å². The van der Waals surface area contributed by atoms with E-state index in [9.17, 15) is 4.79 Å². The van der Waals surface area contributed by atoms with E-state index in [1.54, 1.807) is 0 Å². The third-order valence-electron chi connectivity index (χ3n) is 5.72. The van der Waals surface area contributed by atoms with Crippen molar-refractivity contribution in [2.24, 2.45) is 20.5 Å². The van der Waals surface area contributed by atoms with Crippen LogP contribution in [0.3, 0.4) is 0 Å². The molecule has 2 saturated carbocycles. The van der Waals surface area contributed by atoms with Crippen molar-refractivity contribution < 1.29 is 4.79 Å². The summed E-state index contributed by atoms with van der Waals surface area (Å²) >= 11 is 10.8. The molecule has 0 unspecified atom stereocenters. The number of azo groups is 2. The monoisotopic (exact) mass is 540 g/mol. The number of nitrogens with one attached hydrogen (secondary N) is 6. The van der Waals surface area contributed by atoms with Crippen molar-refractivity contribution >= 4 is 40.7 Å². The lowest BCUT2D eigenvalue weighted by Crippen LogP contribution is -2.60. The zero-order valence-corrected chi connectivity index (χ0v) is 24.2. The van der Waals surface area contributed by atoms with E-state index in [-0.39, 0.29) is 21.3 Å². The van der Waals surface area contributed by atoms with Crippen molar-refractivity contribution in [1.29, 1.82) is 0 Å². The van der Waals surface area contributed by atoms with E-state index in [1.165, 1.54) is 0 Å². The predicted molar refractivity (Wildman–Crippen MR) is 150 cm³/mol. The molecule has 2 aliphatic rings. The van der Waals surface area contributed by atoms with Gasteiger partial charge in [-0.15, -0.1) is 0 Å². The van der Waals surface area contributed by atoms with Crippen LogP contribution in [-0.2, 0) is 0 Å². The minimum absolute atomic E-state index is 0.268. The van der Waals surface area contributed by atoms with Gasteiger partial charge in [-0.2, -0.15) is 20.5 Å². The summed E-state index contributed by atoms with van der Waals surface area (Å²) in [6, 6.07) is -0.550. The Morgan fingerprint density at radius 2 is 0.944 bits per heavy atom.